The number of carbonyl (C=O) groups excluding carboxylic acids is 1. The molecule has 0 aliphatic rings. The third-order valence-corrected chi connectivity index (χ3v) is 3.10. The molecule has 0 aromatic heterocycles. The normalized spacial score (nSPS) is 10.6. The molecule has 0 fully saturated rings. The van der Waals surface area contributed by atoms with Gasteiger partial charge in [0.2, 0.25) is 0 Å². The lowest BCUT2D eigenvalue weighted by molar-refractivity contribution is 0.0951. The van der Waals surface area contributed by atoms with Crippen LogP contribution in [0, 0.1) is 0 Å². The first-order valence-electron chi connectivity index (χ1n) is 7.01. The Hall–Kier alpha value is -2.33. The highest BCUT2D eigenvalue weighted by Crippen LogP contribution is 2.18. The number of carbonyl (C=O) groups is 1. The fraction of sp³-hybridized carbons (Fsp3) is 0.176. The molecule has 0 spiro atoms. The molecule has 5 heteroatoms. The minimum absolute atomic E-state index is 0.308. The summed E-state index contributed by atoms with van der Waals surface area (Å²) in [6, 6.07) is 14.3. The smallest absolute Gasteiger partial charge is 0.275 e. The summed E-state index contributed by atoms with van der Waals surface area (Å²) in [4.78, 5) is 12.1. The van der Waals surface area contributed by atoms with Gasteiger partial charge < -0.3 is 4.74 Å². The molecule has 0 aliphatic heterocycles. The molecule has 0 saturated carbocycles. The predicted octanol–water partition coefficient (Wildman–Crippen LogP) is 3.89. The maximum Gasteiger partial charge on any atom is 0.275 e. The standard InChI is InChI=1S/C17H17ClN2O2/c1-2-11-22-16-6-4-3-5-15(16)17(21)20-19-12-13-7-9-14(18)10-8-13/h3-10,12H,2,11H2,1H3,(H,20,21). The molecule has 0 saturated heterocycles. The zero-order valence-electron chi connectivity index (χ0n) is 12.3. The van der Waals surface area contributed by atoms with Crippen molar-refractivity contribution in [1.29, 1.82) is 0 Å². The van der Waals surface area contributed by atoms with Gasteiger partial charge in [0.05, 0.1) is 18.4 Å². The number of hydrogen-bond acceptors (Lipinski definition) is 3. The zero-order chi connectivity index (χ0) is 15.8. The summed E-state index contributed by atoms with van der Waals surface area (Å²) < 4.78 is 5.56. The van der Waals surface area contributed by atoms with Gasteiger partial charge in [0.1, 0.15) is 5.75 Å². The van der Waals surface area contributed by atoms with Gasteiger partial charge in [-0.05, 0) is 36.2 Å². The van der Waals surface area contributed by atoms with Gasteiger partial charge in [-0.1, -0.05) is 42.8 Å². The monoisotopic (exact) mass is 316 g/mol. The summed E-state index contributed by atoms with van der Waals surface area (Å²) in [7, 11) is 0. The molecule has 4 nitrogen and oxygen atoms in total. The molecule has 22 heavy (non-hydrogen) atoms. The van der Waals surface area contributed by atoms with Gasteiger partial charge in [-0.2, -0.15) is 5.10 Å². The van der Waals surface area contributed by atoms with E-state index in [1.54, 1.807) is 36.5 Å². The summed E-state index contributed by atoms with van der Waals surface area (Å²) in [5.74, 6) is 0.250. The Bertz CT molecular complexity index is 654. The topological polar surface area (TPSA) is 50.7 Å². The van der Waals surface area contributed by atoms with Crippen LogP contribution in [0.2, 0.25) is 5.02 Å². The minimum atomic E-state index is -0.308. The van der Waals surface area contributed by atoms with Gasteiger partial charge in [0.25, 0.3) is 5.91 Å². The number of amides is 1. The van der Waals surface area contributed by atoms with Crippen LogP contribution in [0.4, 0.5) is 0 Å². The molecule has 0 radical (unpaired) electrons. The van der Waals surface area contributed by atoms with Crippen molar-refractivity contribution in [1.82, 2.24) is 5.43 Å². The summed E-state index contributed by atoms with van der Waals surface area (Å²) in [6.07, 6.45) is 2.44. The second kappa shape index (κ2) is 8.20. The van der Waals surface area contributed by atoms with Gasteiger partial charge in [-0.15, -0.1) is 0 Å². The third-order valence-electron chi connectivity index (χ3n) is 2.84. The molecule has 2 rings (SSSR count). The molecule has 2 aromatic carbocycles. The first kappa shape index (κ1) is 16.0. The molecule has 0 aliphatic carbocycles. The van der Waals surface area contributed by atoms with Crippen LogP contribution in [0.5, 0.6) is 5.75 Å². The van der Waals surface area contributed by atoms with E-state index in [0.29, 0.717) is 22.9 Å². The number of hydrazone groups is 1. The number of rotatable bonds is 6. The van der Waals surface area contributed by atoms with Crippen molar-refractivity contribution in [2.45, 2.75) is 13.3 Å². The quantitative estimate of drug-likeness (QED) is 0.649. The Morgan fingerprint density at radius 2 is 1.95 bits per heavy atom. The largest absolute Gasteiger partial charge is 0.493 e. The lowest BCUT2D eigenvalue weighted by atomic mass is 10.2. The second-order valence-electron chi connectivity index (χ2n) is 4.60. The number of hydrogen-bond donors (Lipinski definition) is 1. The Kier molecular flexibility index (Phi) is 5.98. The number of halogens is 1. The Morgan fingerprint density at radius 1 is 1.23 bits per heavy atom. The summed E-state index contributed by atoms with van der Waals surface area (Å²) in [5, 5.41) is 4.60. The van der Waals surface area contributed by atoms with Crippen LogP contribution in [0.3, 0.4) is 0 Å². The van der Waals surface area contributed by atoms with Crippen LogP contribution in [0.1, 0.15) is 29.3 Å². The molecule has 114 valence electrons. The molecular formula is C17H17ClN2O2. The van der Waals surface area contributed by atoms with Gasteiger partial charge in [0, 0.05) is 5.02 Å². The van der Waals surface area contributed by atoms with Crippen molar-refractivity contribution >= 4 is 23.7 Å². The van der Waals surface area contributed by atoms with Gasteiger partial charge in [-0.3, -0.25) is 4.79 Å². The Morgan fingerprint density at radius 3 is 2.68 bits per heavy atom. The highest BCUT2D eigenvalue weighted by molar-refractivity contribution is 6.30. The number of nitrogens with zero attached hydrogens (tertiary/aromatic N) is 1. The maximum absolute atomic E-state index is 12.1. The maximum atomic E-state index is 12.1. The summed E-state index contributed by atoms with van der Waals surface area (Å²) in [6.45, 7) is 2.58. The average Bonchev–Trinajstić information content (AvgIpc) is 2.55. The molecule has 0 bridgehead atoms. The van der Waals surface area contributed by atoms with E-state index in [1.807, 2.05) is 25.1 Å². The van der Waals surface area contributed by atoms with E-state index >= 15 is 0 Å². The third kappa shape index (κ3) is 4.60. The number of ether oxygens (including phenoxy) is 1. The van der Waals surface area contributed by atoms with Crippen LogP contribution < -0.4 is 10.2 Å². The molecular weight excluding hydrogens is 300 g/mol. The first-order valence-corrected chi connectivity index (χ1v) is 7.39. The van der Waals surface area contributed by atoms with Crippen molar-refractivity contribution in [2.24, 2.45) is 5.10 Å². The van der Waals surface area contributed by atoms with E-state index in [9.17, 15) is 4.79 Å². The molecule has 0 heterocycles. The van der Waals surface area contributed by atoms with E-state index in [-0.39, 0.29) is 5.91 Å². The highest BCUT2D eigenvalue weighted by atomic mass is 35.5. The fourth-order valence-electron chi connectivity index (χ4n) is 1.77. The van der Waals surface area contributed by atoms with Crippen molar-refractivity contribution in [3.05, 3.63) is 64.7 Å². The second-order valence-corrected chi connectivity index (χ2v) is 5.03. The molecule has 0 unspecified atom stereocenters. The van der Waals surface area contributed by atoms with E-state index in [2.05, 4.69) is 10.5 Å². The number of para-hydroxylation sites is 1. The molecule has 2 aromatic rings. The highest BCUT2D eigenvalue weighted by Gasteiger charge is 2.10. The lowest BCUT2D eigenvalue weighted by Gasteiger charge is -2.09. The number of benzene rings is 2. The van der Waals surface area contributed by atoms with E-state index in [0.717, 1.165) is 12.0 Å². The van der Waals surface area contributed by atoms with E-state index in [1.165, 1.54) is 0 Å². The lowest BCUT2D eigenvalue weighted by Crippen LogP contribution is -2.18. The average molecular weight is 317 g/mol. The predicted molar refractivity (Wildman–Crippen MR) is 88.7 cm³/mol. The minimum Gasteiger partial charge on any atom is -0.493 e. The van der Waals surface area contributed by atoms with E-state index in [4.69, 9.17) is 16.3 Å². The SMILES string of the molecule is CCCOc1ccccc1C(=O)NN=Cc1ccc(Cl)cc1. The van der Waals surface area contributed by atoms with Crippen molar-refractivity contribution in [3.8, 4) is 5.75 Å². The van der Waals surface area contributed by atoms with Crippen LogP contribution in [-0.4, -0.2) is 18.7 Å². The van der Waals surface area contributed by atoms with Gasteiger partial charge in [0.15, 0.2) is 0 Å². The van der Waals surface area contributed by atoms with Crippen LogP contribution >= 0.6 is 11.6 Å². The zero-order valence-corrected chi connectivity index (χ0v) is 13.0. The molecule has 1 N–H and O–H groups in total. The van der Waals surface area contributed by atoms with Crippen LogP contribution in [0.25, 0.3) is 0 Å². The Labute approximate surface area is 134 Å². The van der Waals surface area contributed by atoms with Crippen LogP contribution in [-0.2, 0) is 0 Å². The van der Waals surface area contributed by atoms with Crippen molar-refractivity contribution < 1.29 is 9.53 Å². The fourth-order valence-corrected chi connectivity index (χ4v) is 1.89. The molecule has 0 atom stereocenters. The van der Waals surface area contributed by atoms with Gasteiger partial charge in [-0.25, -0.2) is 5.43 Å². The van der Waals surface area contributed by atoms with Gasteiger partial charge >= 0.3 is 0 Å². The van der Waals surface area contributed by atoms with Crippen molar-refractivity contribution in [3.63, 3.8) is 0 Å². The van der Waals surface area contributed by atoms with E-state index < -0.39 is 0 Å². The molecule has 1 amide bonds. The number of nitrogens with one attached hydrogen (secondary N) is 1. The Balaban J connectivity index is 2.01. The summed E-state index contributed by atoms with van der Waals surface area (Å²) in [5.41, 5.74) is 3.81. The van der Waals surface area contributed by atoms with Crippen LogP contribution in [0.15, 0.2) is 53.6 Å². The summed E-state index contributed by atoms with van der Waals surface area (Å²) >= 11 is 5.81. The van der Waals surface area contributed by atoms with Crippen molar-refractivity contribution in [2.75, 3.05) is 6.61 Å². The first-order chi connectivity index (χ1) is 10.7.